The first kappa shape index (κ1) is 33.2. The van der Waals surface area contributed by atoms with Gasteiger partial charge in [0.25, 0.3) is 0 Å². The summed E-state index contributed by atoms with van der Waals surface area (Å²) in [6, 6.07) is 72.7. The van der Waals surface area contributed by atoms with Crippen molar-refractivity contribution in [2.75, 3.05) is 4.90 Å². The van der Waals surface area contributed by atoms with Crippen molar-refractivity contribution < 1.29 is 4.42 Å². The fourth-order valence-corrected chi connectivity index (χ4v) is 11.2. The van der Waals surface area contributed by atoms with E-state index in [-0.39, 0.29) is 0 Å². The van der Waals surface area contributed by atoms with Crippen LogP contribution in [0.4, 0.5) is 17.1 Å². The molecule has 3 aromatic heterocycles. The molecule has 0 N–H and O–H groups in total. The van der Waals surface area contributed by atoms with Gasteiger partial charge >= 0.3 is 0 Å². The average molecular weight is 776 g/mol. The second-order valence-corrected chi connectivity index (χ2v) is 17.0. The van der Waals surface area contributed by atoms with Gasteiger partial charge in [0.2, 0.25) is 0 Å². The summed E-state index contributed by atoms with van der Waals surface area (Å²) in [5.41, 5.74) is 12.2. The second-order valence-electron chi connectivity index (χ2n) is 14.8. The van der Waals surface area contributed by atoms with Gasteiger partial charge in [-0.1, -0.05) is 146 Å². The molecule has 12 rings (SSSR count). The van der Waals surface area contributed by atoms with Gasteiger partial charge in [-0.2, -0.15) is 0 Å². The summed E-state index contributed by atoms with van der Waals surface area (Å²) in [5.74, 6) is 0. The third kappa shape index (κ3) is 5.30. The predicted molar refractivity (Wildman–Crippen MR) is 250 cm³/mol. The molecule has 0 aliphatic carbocycles. The van der Waals surface area contributed by atoms with E-state index in [1.165, 1.54) is 62.6 Å². The number of hydrogen-bond acceptors (Lipinski definition) is 4. The van der Waals surface area contributed by atoms with Crippen LogP contribution in [-0.2, 0) is 0 Å². The van der Waals surface area contributed by atoms with Gasteiger partial charge in [0.1, 0.15) is 11.2 Å². The molecule has 0 saturated heterocycles. The molecule has 0 bridgehead atoms. The van der Waals surface area contributed by atoms with Crippen LogP contribution in [0.2, 0.25) is 0 Å². The van der Waals surface area contributed by atoms with Gasteiger partial charge in [0, 0.05) is 51.4 Å². The lowest BCUT2D eigenvalue weighted by molar-refractivity contribution is 0.669. The quantitative estimate of drug-likeness (QED) is 0.167. The molecule has 0 radical (unpaired) electrons. The molecule has 2 nitrogen and oxygen atoms in total. The van der Waals surface area contributed by atoms with Crippen LogP contribution < -0.4 is 4.90 Å². The van der Waals surface area contributed by atoms with E-state index in [1.807, 2.05) is 22.7 Å². The van der Waals surface area contributed by atoms with E-state index in [0.29, 0.717) is 0 Å². The number of para-hydroxylation sites is 1. The molecule has 58 heavy (non-hydrogen) atoms. The van der Waals surface area contributed by atoms with Gasteiger partial charge in [-0.25, -0.2) is 0 Å². The smallest absolute Gasteiger partial charge is 0.138 e. The summed E-state index contributed by atoms with van der Waals surface area (Å²) >= 11 is 3.74. The molecule has 0 spiro atoms. The third-order valence-corrected chi connectivity index (χ3v) is 13.8. The second kappa shape index (κ2) is 13.3. The Morgan fingerprint density at radius 2 is 1.02 bits per heavy atom. The number of benzene rings is 9. The maximum atomic E-state index is 6.74. The molecule has 12 aromatic rings. The van der Waals surface area contributed by atoms with Gasteiger partial charge < -0.3 is 9.32 Å². The van der Waals surface area contributed by atoms with Crippen molar-refractivity contribution in [2.24, 2.45) is 0 Å². The molecular formula is C54H33NOS2. The van der Waals surface area contributed by atoms with E-state index >= 15 is 0 Å². The highest BCUT2D eigenvalue weighted by molar-refractivity contribution is 7.26. The molecule has 4 heteroatoms. The van der Waals surface area contributed by atoms with Crippen LogP contribution in [0.15, 0.2) is 205 Å². The topological polar surface area (TPSA) is 16.4 Å². The van der Waals surface area contributed by atoms with E-state index < -0.39 is 0 Å². The van der Waals surface area contributed by atoms with Gasteiger partial charge in [-0.15, -0.1) is 22.7 Å². The molecule has 0 atom stereocenters. The molecule has 3 heterocycles. The highest BCUT2D eigenvalue weighted by Gasteiger charge is 2.26. The van der Waals surface area contributed by atoms with Crippen molar-refractivity contribution >= 4 is 102 Å². The minimum absolute atomic E-state index is 0.865. The Bertz CT molecular complexity index is 3510. The lowest BCUT2D eigenvalue weighted by atomic mass is 9.97. The van der Waals surface area contributed by atoms with Crippen molar-refractivity contribution in [3.05, 3.63) is 200 Å². The van der Waals surface area contributed by atoms with E-state index in [4.69, 9.17) is 4.42 Å². The lowest BCUT2D eigenvalue weighted by Gasteiger charge is -2.28. The van der Waals surface area contributed by atoms with E-state index in [2.05, 4.69) is 205 Å². The molecule has 0 amide bonds. The van der Waals surface area contributed by atoms with Crippen LogP contribution in [0.3, 0.4) is 0 Å². The molecule has 0 fully saturated rings. The van der Waals surface area contributed by atoms with E-state index in [0.717, 1.165) is 50.1 Å². The van der Waals surface area contributed by atoms with Crippen molar-refractivity contribution in [1.29, 1.82) is 0 Å². The fourth-order valence-electron chi connectivity index (χ4n) is 8.77. The van der Waals surface area contributed by atoms with E-state index in [1.54, 1.807) is 0 Å². The first-order valence-electron chi connectivity index (χ1n) is 19.6. The summed E-state index contributed by atoms with van der Waals surface area (Å²) in [6.45, 7) is 0. The Morgan fingerprint density at radius 3 is 1.81 bits per heavy atom. The van der Waals surface area contributed by atoms with Crippen LogP contribution >= 0.6 is 22.7 Å². The molecule has 9 aromatic carbocycles. The summed E-state index contributed by atoms with van der Waals surface area (Å²) in [5, 5.41) is 7.21. The summed E-state index contributed by atoms with van der Waals surface area (Å²) in [7, 11) is 0. The maximum Gasteiger partial charge on any atom is 0.138 e. The van der Waals surface area contributed by atoms with Gasteiger partial charge in [0.05, 0.1) is 16.8 Å². The molecular weight excluding hydrogens is 743 g/mol. The summed E-state index contributed by atoms with van der Waals surface area (Å²) in [6.07, 6.45) is 0. The molecule has 0 saturated carbocycles. The van der Waals surface area contributed by atoms with Crippen molar-refractivity contribution in [1.82, 2.24) is 0 Å². The Kier molecular flexibility index (Phi) is 7.62. The lowest BCUT2D eigenvalue weighted by Crippen LogP contribution is -2.11. The molecule has 0 unspecified atom stereocenters. The number of furan rings is 1. The molecule has 0 aliphatic heterocycles. The van der Waals surface area contributed by atoms with Crippen LogP contribution in [0.5, 0.6) is 0 Å². The number of nitrogens with zero attached hydrogens (tertiary/aromatic N) is 1. The number of hydrogen-bond donors (Lipinski definition) is 0. The summed E-state index contributed by atoms with van der Waals surface area (Å²) in [4.78, 5) is 2.51. The van der Waals surface area contributed by atoms with Crippen molar-refractivity contribution in [3.8, 4) is 33.4 Å². The predicted octanol–water partition coefficient (Wildman–Crippen LogP) is 16.8. The van der Waals surface area contributed by atoms with Crippen molar-refractivity contribution in [2.45, 2.75) is 0 Å². The highest BCUT2D eigenvalue weighted by atomic mass is 32.1. The minimum atomic E-state index is 0.865. The normalized spacial score (nSPS) is 11.8. The van der Waals surface area contributed by atoms with Crippen LogP contribution in [0.1, 0.15) is 0 Å². The number of anilines is 3. The van der Waals surface area contributed by atoms with Crippen LogP contribution in [0.25, 0.3) is 95.7 Å². The Balaban J connectivity index is 1.22. The zero-order chi connectivity index (χ0) is 38.2. The zero-order valence-corrected chi connectivity index (χ0v) is 32.9. The third-order valence-electron chi connectivity index (χ3n) is 11.5. The maximum absolute atomic E-state index is 6.74. The molecule has 0 aliphatic rings. The number of fused-ring (bicyclic) bond motifs is 9. The van der Waals surface area contributed by atoms with Gasteiger partial charge in [0.15, 0.2) is 0 Å². The Hall–Kier alpha value is -6.98. The Morgan fingerprint density at radius 1 is 0.345 bits per heavy atom. The largest absolute Gasteiger partial charge is 0.456 e. The minimum Gasteiger partial charge on any atom is -0.456 e. The standard InChI is InChI=1S/C54H33NOS2/c1-4-14-34(15-5-1)37-24-26-43-51(32-37)58-54-40(36-18-8-3-9-19-36)27-28-45(53(43)54)55(39-25-29-50-44(33-39)41-20-11-13-23-49(41)57-50)46-30-38(35-16-6-2-7-17-35)31-48-52(46)42-21-10-12-22-47(42)56-48/h1-33H. The van der Waals surface area contributed by atoms with Crippen LogP contribution in [0, 0.1) is 0 Å². The van der Waals surface area contributed by atoms with Gasteiger partial charge in [-0.3, -0.25) is 0 Å². The molecule has 272 valence electrons. The first-order chi connectivity index (χ1) is 28.7. The first-order valence-corrected chi connectivity index (χ1v) is 21.2. The SMILES string of the molecule is c1ccc(-c2cc(N(c3ccc4sc5ccccc5c4c3)c3ccc(-c4ccccc4)c4sc5cc(-c6ccccc6)ccc5c34)c3c(c2)oc2ccccc23)cc1. The Labute approximate surface area is 343 Å². The zero-order valence-electron chi connectivity index (χ0n) is 31.2. The summed E-state index contributed by atoms with van der Waals surface area (Å²) < 4.78 is 11.8. The van der Waals surface area contributed by atoms with Crippen molar-refractivity contribution in [3.63, 3.8) is 0 Å². The highest BCUT2D eigenvalue weighted by Crippen LogP contribution is 2.52. The number of rotatable bonds is 6. The van der Waals surface area contributed by atoms with E-state index in [9.17, 15) is 0 Å². The average Bonchev–Trinajstić information content (AvgIpc) is 3.98. The van der Waals surface area contributed by atoms with Gasteiger partial charge in [-0.05, 0) is 88.0 Å². The fraction of sp³-hybridized carbons (Fsp3) is 0. The van der Waals surface area contributed by atoms with Crippen LogP contribution in [-0.4, -0.2) is 0 Å². The monoisotopic (exact) mass is 775 g/mol. The number of thiophene rings is 2.